The first-order valence-electron chi connectivity index (χ1n) is 7.85. The monoisotopic (exact) mass is 381 g/mol. The Labute approximate surface area is 153 Å². The van der Waals surface area contributed by atoms with Crippen molar-refractivity contribution in [2.24, 2.45) is 0 Å². The van der Waals surface area contributed by atoms with Gasteiger partial charge in [0.1, 0.15) is 5.75 Å². The summed E-state index contributed by atoms with van der Waals surface area (Å²) >= 11 is 0. The lowest BCUT2D eigenvalue weighted by Crippen LogP contribution is -2.22. The topological polar surface area (TPSA) is 79.5 Å². The molecule has 144 valence electrons. The molecule has 6 nitrogen and oxygen atoms in total. The first kappa shape index (κ1) is 20.1. The van der Waals surface area contributed by atoms with E-state index in [2.05, 4.69) is 16.0 Å². The lowest BCUT2D eigenvalue weighted by Gasteiger charge is -2.14. The van der Waals surface area contributed by atoms with Crippen LogP contribution in [0.2, 0.25) is 0 Å². The van der Waals surface area contributed by atoms with Crippen LogP contribution in [0, 0.1) is 0 Å². The van der Waals surface area contributed by atoms with E-state index in [1.807, 2.05) is 0 Å². The van der Waals surface area contributed by atoms with Crippen molar-refractivity contribution >= 4 is 28.9 Å². The minimum Gasteiger partial charge on any atom is -0.495 e. The number of halogens is 3. The summed E-state index contributed by atoms with van der Waals surface area (Å²) in [6.07, 6.45) is -4.49. The Morgan fingerprint density at radius 2 is 1.74 bits per heavy atom. The van der Waals surface area contributed by atoms with Crippen molar-refractivity contribution in [3.05, 3.63) is 48.0 Å². The van der Waals surface area contributed by atoms with Crippen LogP contribution in [0.15, 0.2) is 42.5 Å². The molecule has 0 radical (unpaired) electrons. The number of rotatable bonds is 6. The number of carbonyl (C=O) groups is 2. The normalized spacial score (nSPS) is 10.9. The number of hydrogen-bond acceptors (Lipinski definition) is 4. The number of alkyl halides is 3. The Balaban J connectivity index is 2.04. The lowest BCUT2D eigenvalue weighted by atomic mass is 10.2. The highest BCUT2D eigenvalue weighted by Crippen LogP contribution is 2.31. The summed E-state index contributed by atoms with van der Waals surface area (Å²) in [5.41, 5.74) is 0.139. The fourth-order valence-corrected chi connectivity index (χ4v) is 2.28. The second-order valence-electron chi connectivity index (χ2n) is 5.58. The Morgan fingerprint density at radius 1 is 1.04 bits per heavy atom. The van der Waals surface area contributed by atoms with Gasteiger partial charge in [0.2, 0.25) is 11.8 Å². The predicted molar refractivity (Wildman–Crippen MR) is 95.9 cm³/mol. The van der Waals surface area contributed by atoms with Crippen LogP contribution in [0.1, 0.15) is 12.5 Å². The van der Waals surface area contributed by atoms with E-state index in [-0.39, 0.29) is 18.1 Å². The summed E-state index contributed by atoms with van der Waals surface area (Å²) in [4.78, 5) is 23.2. The molecule has 0 unspecified atom stereocenters. The van der Waals surface area contributed by atoms with Crippen LogP contribution >= 0.6 is 0 Å². The van der Waals surface area contributed by atoms with E-state index in [4.69, 9.17) is 4.74 Å². The van der Waals surface area contributed by atoms with E-state index in [1.54, 1.807) is 18.2 Å². The van der Waals surface area contributed by atoms with Gasteiger partial charge in [-0.2, -0.15) is 13.2 Å². The quantitative estimate of drug-likeness (QED) is 0.713. The second-order valence-corrected chi connectivity index (χ2v) is 5.58. The number of nitrogens with one attached hydrogen (secondary N) is 3. The third kappa shape index (κ3) is 5.91. The molecular weight excluding hydrogens is 363 g/mol. The molecule has 2 aromatic rings. The fourth-order valence-electron chi connectivity index (χ4n) is 2.28. The van der Waals surface area contributed by atoms with Crippen molar-refractivity contribution in [2.75, 3.05) is 29.6 Å². The number of anilines is 3. The molecular formula is C18H18F3N3O3. The van der Waals surface area contributed by atoms with Crippen molar-refractivity contribution in [2.45, 2.75) is 13.1 Å². The maximum atomic E-state index is 12.7. The Kier molecular flexibility index (Phi) is 6.27. The molecule has 0 aromatic heterocycles. The van der Waals surface area contributed by atoms with E-state index in [0.29, 0.717) is 17.1 Å². The maximum Gasteiger partial charge on any atom is 0.416 e. The summed E-state index contributed by atoms with van der Waals surface area (Å²) in [5.74, 6) is -0.356. The smallest absolute Gasteiger partial charge is 0.416 e. The van der Waals surface area contributed by atoms with Gasteiger partial charge in [0.15, 0.2) is 0 Å². The Morgan fingerprint density at radius 3 is 2.37 bits per heavy atom. The molecule has 0 fully saturated rings. The Bertz CT molecular complexity index is 838. The summed E-state index contributed by atoms with van der Waals surface area (Å²) in [6.45, 7) is 1.15. The highest BCUT2D eigenvalue weighted by molar-refractivity contribution is 5.94. The van der Waals surface area contributed by atoms with Crippen LogP contribution in [0.25, 0.3) is 0 Å². The van der Waals surface area contributed by atoms with E-state index < -0.39 is 17.6 Å². The zero-order valence-corrected chi connectivity index (χ0v) is 14.6. The first-order chi connectivity index (χ1) is 12.7. The number of carbonyl (C=O) groups excluding carboxylic acids is 2. The van der Waals surface area contributed by atoms with Crippen LogP contribution in [0.4, 0.5) is 30.2 Å². The molecule has 0 aliphatic rings. The average molecular weight is 381 g/mol. The zero-order valence-electron chi connectivity index (χ0n) is 14.6. The van der Waals surface area contributed by atoms with Crippen LogP contribution < -0.4 is 20.7 Å². The van der Waals surface area contributed by atoms with Gasteiger partial charge in [0.25, 0.3) is 0 Å². The molecule has 2 rings (SSSR count). The minimum atomic E-state index is -4.49. The third-order valence-electron chi connectivity index (χ3n) is 3.43. The van der Waals surface area contributed by atoms with E-state index in [0.717, 1.165) is 12.1 Å². The van der Waals surface area contributed by atoms with Crippen molar-refractivity contribution in [3.63, 3.8) is 0 Å². The molecule has 2 amide bonds. The molecule has 0 spiro atoms. The van der Waals surface area contributed by atoms with Crippen molar-refractivity contribution < 1.29 is 27.5 Å². The number of hydrogen-bond donors (Lipinski definition) is 3. The van der Waals surface area contributed by atoms with E-state index in [9.17, 15) is 22.8 Å². The summed E-state index contributed by atoms with van der Waals surface area (Å²) < 4.78 is 43.3. The standard InChI is InChI=1S/C18H18F3N3O3/c1-11(25)23-14-6-7-16(27-2)15(9-14)22-10-17(26)24-13-5-3-4-12(8-13)18(19,20)21/h3-9,22H,10H2,1-2H3,(H,23,25)(H,24,26). The molecule has 0 aliphatic heterocycles. The number of benzene rings is 2. The van der Waals surface area contributed by atoms with Gasteiger partial charge >= 0.3 is 6.18 Å². The van der Waals surface area contributed by atoms with Crippen LogP contribution in [0.5, 0.6) is 5.75 Å². The highest BCUT2D eigenvalue weighted by Gasteiger charge is 2.30. The minimum absolute atomic E-state index is 0.0376. The van der Waals surface area contributed by atoms with Crippen LogP contribution in [0.3, 0.4) is 0 Å². The number of amides is 2. The summed E-state index contributed by atoms with van der Waals surface area (Å²) in [7, 11) is 1.45. The third-order valence-corrected chi connectivity index (χ3v) is 3.43. The van der Waals surface area contributed by atoms with Crippen molar-refractivity contribution in [1.29, 1.82) is 0 Å². The molecule has 27 heavy (non-hydrogen) atoms. The van der Waals surface area contributed by atoms with Gasteiger partial charge in [0.05, 0.1) is 24.9 Å². The molecule has 0 aliphatic carbocycles. The van der Waals surface area contributed by atoms with Gasteiger partial charge in [-0.15, -0.1) is 0 Å². The highest BCUT2D eigenvalue weighted by atomic mass is 19.4. The van der Waals surface area contributed by atoms with Crippen LogP contribution in [-0.2, 0) is 15.8 Å². The lowest BCUT2D eigenvalue weighted by molar-refractivity contribution is -0.137. The molecule has 9 heteroatoms. The van der Waals surface area contributed by atoms with Crippen molar-refractivity contribution in [3.8, 4) is 5.75 Å². The average Bonchev–Trinajstić information content (AvgIpc) is 2.59. The Hall–Kier alpha value is -3.23. The summed E-state index contributed by atoms with van der Waals surface area (Å²) in [6, 6.07) is 9.18. The molecule has 0 bridgehead atoms. The number of methoxy groups -OCH3 is 1. The summed E-state index contributed by atoms with van der Waals surface area (Å²) in [5, 5.41) is 7.83. The maximum absolute atomic E-state index is 12.7. The molecule has 3 N–H and O–H groups in total. The van der Waals surface area contributed by atoms with Crippen LogP contribution in [-0.4, -0.2) is 25.5 Å². The molecule has 0 atom stereocenters. The van der Waals surface area contributed by atoms with E-state index in [1.165, 1.54) is 26.2 Å². The largest absolute Gasteiger partial charge is 0.495 e. The van der Waals surface area contributed by atoms with Crippen molar-refractivity contribution in [1.82, 2.24) is 0 Å². The molecule has 0 heterocycles. The van der Waals surface area contributed by atoms with Gasteiger partial charge < -0.3 is 20.7 Å². The van der Waals surface area contributed by atoms with Gasteiger partial charge in [-0.25, -0.2) is 0 Å². The SMILES string of the molecule is COc1ccc(NC(C)=O)cc1NCC(=O)Nc1cccc(C(F)(F)F)c1. The first-order valence-corrected chi connectivity index (χ1v) is 7.85. The van der Waals surface area contributed by atoms with Gasteiger partial charge in [-0.05, 0) is 36.4 Å². The van der Waals surface area contributed by atoms with Gasteiger partial charge in [-0.1, -0.05) is 6.07 Å². The van der Waals surface area contributed by atoms with Gasteiger partial charge in [-0.3, -0.25) is 9.59 Å². The van der Waals surface area contributed by atoms with Gasteiger partial charge in [0, 0.05) is 18.3 Å². The zero-order chi connectivity index (χ0) is 20.0. The fraction of sp³-hybridized carbons (Fsp3) is 0.222. The van der Waals surface area contributed by atoms with E-state index >= 15 is 0 Å². The number of ether oxygens (including phenoxy) is 1. The molecule has 2 aromatic carbocycles. The predicted octanol–water partition coefficient (Wildman–Crippen LogP) is 3.72. The molecule has 0 saturated carbocycles. The molecule has 0 saturated heterocycles. The second kappa shape index (κ2) is 8.43.